The number of carbonyl (C=O) groups excluding carboxylic acids is 2. The molecule has 0 radical (unpaired) electrons. The van der Waals surface area contributed by atoms with Crippen LogP contribution < -0.4 is 10.6 Å². The molecule has 0 aromatic heterocycles. The maximum absolute atomic E-state index is 12.2. The molecule has 0 fully saturated rings. The van der Waals surface area contributed by atoms with E-state index in [2.05, 4.69) is 10.6 Å². The van der Waals surface area contributed by atoms with Crippen LogP contribution in [0.1, 0.15) is 28.8 Å². The van der Waals surface area contributed by atoms with E-state index in [-0.39, 0.29) is 11.8 Å². The third-order valence-corrected chi connectivity index (χ3v) is 4.17. The monoisotopic (exact) mass is 374 g/mol. The maximum Gasteiger partial charge on any atom is 0.251 e. The Kier molecular flexibility index (Phi) is 8.12. The van der Waals surface area contributed by atoms with E-state index in [4.69, 9.17) is 16.3 Å². The number of aryl methyl sites for hydroxylation is 1. The van der Waals surface area contributed by atoms with Crippen molar-refractivity contribution in [3.63, 3.8) is 0 Å². The van der Waals surface area contributed by atoms with Gasteiger partial charge in [0.1, 0.15) is 0 Å². The molecule has 138 valence electrons. The molecule has 2 aromatic rings. The van der Waals surface area contributed by atoms with E-state index in [1.54, 1.807) is 31.4 Å². The van der Waals surface area contributed by atoms with Crippen LogP contribution in [0.2, 0.25) is 5.02 Å². The number of hydrogen-bond donors (Lipinski definition) is 2. The van der Waals surface area contributed by atoms with Crippen LogP contribution in [-0.4, -0.2) is 32.1 Å². The van der Waals surface area contributed by atoms with Crippen LogP contribution in [0.25, 0.3) is 0 Å². The zero-order valence-electron chi connectivity index (χ0n) is 14.8. The van der Waals surface area contributed by atoms with Gasteiger partial charge in [-0.25, -0.2) is 0 Å². The lowest BCUT2D eigenvalue weighted by molar-refractivity contribution is -0.116. The SMILES string of the molecule is COCCCNC(=O)c1cccc(NC(=O)CCc2ccccc2Cl)c1. The zero-order valence-corrected chi connectivity index (χ0v) is 15.5. The highest BCUT2D eigenvalue weighted by Gasteiger charge is 2.08. The highest BCUT2D eigenvalue weighted by Crippen LogP contribution is 2.17. The Balaban J connectivity index is 1.86. The number of nitrogens with one attached hydrogen (secondary N) is 2. The fourth-order valence-corrected chi connectivity index (χ4v) is 2.66. The smallest absolute Gasteiger partial charge is 0.251 e. The van der Waals surface area contributed by atoms with Gasteiger partial charge in [0.2, 0.25) is 5.91 Å². The van der Waals surface area contributed by atoms with Gasteiger partial charge in [0.15, 0.2) is 0 Å². The van der Waals surface area contributed by atoms with E-state index in [0.29, 0.717) is 42.3 Å². The van der Waals surface area contributed by atoms with Crippen LogP contribution in [-0.2, 0) is 16.0 Å². The Morgan fingerprint density at radius 3 is 2.69 bits per heavy atom. The average molecular weight is 375 g/mol. The van der Waals surface area contributed by atoms with Gasteiger partial charge in [0.05, 0.1) is 0 Å². The van der Waals surface area contributed by atoms with Crippen molar-refractivity contribution in [2.75, 3.05) is 25.6 Å². The van der Waals surface area contributed by atoms with Crippen LogP contribution in [0.4, 0.5) is 5.69 Å². The summed E-state index contributed by atoms with van der Waals surface area (Å²) in [6.45, 7) is 1.14. The summed E-state index contributed by atoms with van der Waals surface area (Å²) in [5.74, 6) is -0.296. The lowest BCUT2D eigenvalue weighted by atomic mass is 10.1. The van der Waals surface area contributed by atoms with Gasteiger partial charge < -0.3 is 15.4 Å². The summed E-state index contributed by atoms with van der Waals surface area (Å²) >= 11 is 6.10. The predicted molar refractivity (Wildman–Crippen MR) is 104 cm³/mol. The Morgan fingerprint density at radius 2 is 1.92 bits per heavy atom. The second kappa shape index (κ2) is 10.6. The average Bonchev–Trinajstić information content (AvgIpc) is 2.64. The van der Waals surface area contributed by atoms with Crippen LogP contribution >= 0.6 is 11.6 Å². The van der Waals surface area contributed by atoms with Crippen LogP contribution in [0.15, 0.2) is 48.5 Å². The Labute approximate surface area is 158 Å². The molecule has 0 aliphatic heterocycles. The van der Waals surface area contributed by atoms with Gasteiger partial charge >= 0.3 is 0 Å². The summed E-state index contributed by atoms with van der Waals surface area (Å²) < 4.78 is 4.95. The van der Waals surface area contributed by atoms with Gasteiger partial charge in [-0.2, -0.15) is 0 Å². The van der Waals surface area contributed by atoms with Crippen molar-refractivity contribution in [1.82, 2.24) is 5.32 Å². The van der Waals surface area contributed by atoms with Crippen molar-refractivity contribution in [2.24, 2.45) is 0 Å². The lowest BCUT2D eigenvalue weighted by Crippen LogP contribution is -2.25. The van der Waals surface area contributed by atoms with Gasteiger partial charge in [-0.05, 0) is 42.7 Å². The number of halogens is 1. The number of ether oxygens (including phenoxy) is 1. The van der Waals surface area contributed by atoms with Crippen molar-refractivity contribution >= 4 is 29.1 Å². The number of methoxy groups -OCH3 is 1. The van der Waals surface area contributed by atoms with E-state index in [0.717, 1.165) is 12.0 Å². The van der Waals surface area contributed by atoms with E-state index < -0.39 is 0 Å². The second-order valence-electron chi connectivity index (χ2n) is 5.82. The molecule has 0 saturated heterocycles. The normalized spacial score (nSPS) is 10.4. The molecule has 2 N–H and O–H groups in total. The summed E-state index contributed by atoms with van der Waals surface area (Å²) in [6.07, 6.45) is 1.63. The van der Waals surface area contributed by atoms with Gasteiger partial charge in [0.25, 0.3) is 5.91 Å². The fourth-order valence-electron chi connectivity index (χ4n) is 2.43. The molecule has 0 spiro atoms. The predicted octanol–water partition coefficient (Wildman–Crippen LogP) is 3.68. The Morgan fingerprint density at radius 1 is 1.12 bits per heavy atom. The standard InChI is InChI=1S/C20H23ClN2O3/c1-26-13-5-12-22-20(25)16-7-4-8-17(14-16)23-19(24)11-10-15-6-2-3-9-18(15)21/h2-4,6-9,14H,5,10-13H2,1H3,(H,22,25)(H,23,24). The lowest BCUT2D eigenvalue weighted by Gasteiger charge is -2.09. The fraction of sp³-hybridized carbons (Fsp3) is 0.300. The van der Waals surface area contributed by atoms with Gasteiger partial charge in [-0.1, -0.05) is 35.9 Å². The van der Waals surface area contributed by atoms with Crippen LogP contribution in [0, 0.1) is 0 Å². The molecule has 0 atom stereocenters. The quantitative estimate of drug-likeness (QED) is 0.658. The highest BCUT2D eigenvalue weighted by atomic mass is 35.5. The van der Waals surface area contributed by atoms with E-state index in [1.807, 2.05) is 24.3 Å². The van der Waals surface area contributed by atoms with Gasteiger partial charge in [-0.15, -0.1) is 0 Å². The number of carbonyl (C=O) groups is 2. The molecular formula is C20H23ClN2O3. The molecular weight excluding hydrogens is 352 g/mol. The minimum absolute atomic E-state index is 0.123. The Hall–Kier alpha value is -2.37. The summed E-state index contributed by atoms with van der Waals surface area (Å²) in [5.41, 5.74) is 2.04. The molecule has 0 aliphatic rings. The number of hydrogen-bond acceptors (Lipinski definition) is 3. The number of benzene rings is 2. The van der Waals surface area contributed by atoms with E-state index in [1.165, 1.54) is 0 Å². The molecule has 0 heterocycles. The van der Waals surface area contributed by atoms with E-state index in [9.17, 15) is 9.59 Å². The summed E-state index contributed by atoms with van der Waals surface area (Å²) in [7, 11) is 1.62. The molecule has 0 unspecified atom stereocenters. The van der Waals surface area contributed by atoms with Crippen molar-refractivity contribution in [2.45, 2.75) is 19.3 Å². The molecule has 0 aliphatic carbocycles. The van der Waals surface area contributed by atoms with Crippen molar-refractivity contribution in [1.29, 1.82) is 0 Å². The molecule has 6 heteroatoms. The summed E-state index contributed by atoms with van der Waals surface area (Å²) in [6, 6.07) is 14.4. The third-order valence-electron chi connectivity index (χ3n) is 3.80. The minimum atomic E-state index is -0.173. The second-order valence-corrected chi connectivity index (χ2v) is 6.23. The zero-order chi connectivity index (χ0) is 18.8. The summed E-state index contributed by atoms with van der Waals surface area (Å²) in [5, 5.41) is 6.30. The summed E-state index contributed by atoms with van der Waals surface area (Å²) in [4.78, 5) is 24.3. The third kappa shape index (κ3) is 6.50. The topological polar surface area (TPSA) is 67.4 Å². The first-order valence-corrected chi connectivity index (χ1v) is 8.88. The molecule has 2 amide bonds. The molecule has 2 rings (SSSR count). The molecule has 26 heavy (non-hydrogen) atoms. The first kappa shape index (κ1) is 19.9. The van der Waals surface area contributed by atoms with Crippen molar-refractivity contribution in [3.05, 3.63) is 64.7 Å². The number of rotatable bonds is 9. The van der Waals surface area contributed by atoms with Crippen molar-refractivity contribution < 1.29 is 14.3 Å². The maximum atomic E-state index is 12.2. The van der Waals surface area contributed by atoms with Gasteiger partial charge in [0, 0.05) is 43.0 Å². The minimum Gasteiger partial charge on any atom is -0.385 e. The van der Waals surface area contributed by atoms with Crippen LogP contribution in [0.5, 0.6) is 0 Å². The first-order chi connectivity index (χ1) is 12.6. The Bertz CT molecular complexity index is 749. The van der Waals surface area contributed by atoms with E-state index >= 15 is 0 Å². The number of amides is 2. The molecule has 2 aromatic carbocycles. The molecule has 0 saturated carbocycles. The highest BCUT2D eigenvalue weighted by molar-refractivity contribution is 6.31. The van der Waals surface area contributed by atoms with Gasteiger partial charge in [-0.3, -0.25) is 9.59 Å². The van der Waals surface area contributed by atoms with Crippen molar-refractivity contribution in [3.8, 4) is 0 Å². The molecule has 0 bridgehead atoms. The molecule has 5 nitrogen and oxygen atoms in total. The number of anilines is 1. The van der Waals surface area contributed by atoms with Crippen LogP contribution in [0.3, 0.4) is 0 Å². The largest absolute Gasteiger partial charge is 0.385 e. The first-order valence-electron chi connectivity index (χ1n) is 8.50.